The Labute approximate surface area is 174 Å². The van der Waals surface area contributed by atoms with Crippen LogP contribution in [0.2, 0.25) is 0 Å². The highest BCUT2D eigenvalue weighted by atomic mass is 35.5. The lowest BCUT2D eigenvalue weighted by Crippen LogP contribution is -2.14. The SMILES string of the molecule is CCCC(=O)Nc1ccc2nc(Cc3ccc(/C=C/C(=O)NO)cc3)[nH]c2c1.Cl. The van der Waals surface area contributed by atoms with Crippen molar-refractivity contribution >= 4 is 47.0 Å². The summed E-state index contributed by atoms with van der Waals surface area (Å²) in [6.45, 7) is 1.97. The van der Waals surface area contributed by atoms with Crippen LogP contribution in [-0.2, 0) is 16.0 Å². The molecule has 8 heteroatoms. The van der Waals surface area contributed by atoms with Crippen molar-refractivity contribution in [3.63, 3.8) is 0 Å². The first-order chi connectivity index (χ1) is 13.6. The van der Waals surface area contributed by atoms with E-state index in [1.54, 1.807) is 11.6 Å². The first-order valence-corrected chi connectivity index (χ1v) is 9.07. The monoisotopic (exact) mass is 414 g/mol. The Bertz CT molecular complexity index is 1010. The molecule has 0 aliphatic rings. The maximum absolute atomic E-state index is 11.7. The number of amides is 2. The molecule has 0 aliphatic heterocycles. The Morgan fingerprint density at radius 3 is 2.62 bits per heavy atom. The summed E-state index contributed by atoms with van der Waals surface area (Å²) in [7, 11) is 0. The van der Waals surface area contributed by atoms with E-state index in [0.29, 0.717) is 12.8 Å². The van der Waals surface area contributed by atoms with E-state index >= 15 is 0 Å². The number of hydrogen-bond donors (Lipinski definition) is 4. The highest BCUT2D eigenvalue weighted by molar-refractivity contribution is 5.93. The number of hydrogen-bond acceptors (Lipinski definition) is 4. The molecule has 0 saturated carbocycles. The number of hydroxylamine groups is 1. The number of carbonyl (C=O) groups is 2. The van der Waals surface area contributed by atoms with Crippen LogP contribution in [0.5, 0.6) is 0 Å². The summed E-state index contributed by atoms with van der Waals surface area (Å²) in [6.07, 6.45) is 4.82. The summed E-state index contributed by atoms with van der Waals surface area (Å²) in [5.74, 6) is 0.263. The molecular weight excluding hydrogens is 392 g/mol. The molecule has 4 N–H and O–H groups in total. The molecule has 0 fully saturated rings. The lowest BCUT2D eigenvalue weighted by molar-refractivity contribution is -0.124. The van der Waals surface area contributed by atoms with Crippen LogP contribution in [0.15, 0.2) is 48.5 Å². The smallest absolute Gasteiger partial charge is 0.267 e. The molecule has 7 nitrogen and oxygen atoms in total. The van der Waals surface area contributed by atoms with Gasteiger partial charge in [0.2, 0.25) is 5.91 Å². The minimum absolute atomic E-state index is 0. The molecule has 152 valence electrons. The Kier molecular flexibility index (Phi) is 7.94. The number of imidazole rings is 1. The van der Waals surface area contributed by atoms with E-state index < -0.39 is 5.91 Å². The second-order valence-corrected chi connectivity index (χ2v) is 6.44. The van der Waals surface area contributed by atoms with Gasteiger partial charge in [-0.2, -0.15) is 0 Å². The van der Waals surface area contributed by atoms with Crippen LogP contribution in [0.3, 0.4) is 0 Å². The largest absolute Gasteiger partial charge is 0.342 e. The van der Waals surface area contributed by atoms with Gasteiger partial charge in [0.15, 0.2) is 0 Å². The molecule has 0 atom stereocenters. The molecular formula is C21H23ClN4O3. The second-order valence-electron chi connectivity index (χ2n) is 6.44. The molecule has 0 radical (unpaired) electrons. The average Bonchev–Trinajstić information content (AvgIpc) is 3.08. The van der Waals surface area contributed by atoms with E-state index in [1.807, 2.05) is 49.4 Å². The molecule has 2 amide bonds. The molecule has 0 spiro atoms. The molecule has 0 bridgehead atoms. The average molecular weight is 415 g/mol. The van der Waals surface area contributed by atoms with E-state index in [1.165, 1.54) is 6.08 Å². The Morgan fingerprint density at radius 2 is 1.93 bits per heavy atom. The topological polar surface area (TPSA) is 107 Å². The fourth-order valence-corrected chi connectivity index (χ4v) is 2.82. The number of nitrogens with one attached hydrogen (secondary N) is 3. The summed E-state index contributed by atoms with van der Waals surface area (Å²) in [6, 6.07) is 13.3. The van der Waals surface area contributed by atoms with Crippen LogP contribution in [-0.4, -0.2) is 27.0 Å². The zero-order chi connectivity index (χ0) is 19.9. The fourth-order valence-electron chi connectivity index (χ4n) is 2.82. The summed E-state index contributed by atoms with van der Waals surface area (Å²) < 4.78 is 0. The first kappa shape index (κ1) is 22.1. The number of halogens is 1. The minimum atomic E-state index is -0.573. The van der Waals surface area contributed by atoms with E-state index in [4.69, 9.17) is 5.21 Å². The fraction of sp³-hybridized carbons (Fsp3) is 0.190. The van der Waals surface area contributed by atoms with Crippen molar-refractivity contribution < 1.29 is 14.8 Å². The first-order valence-electron chi connectivity index (χ1n) is 9.07. The number of aromatic amines is 1. The van der Waals surface area contributed by atoms with Crippen LogP contribution in [0.4, 0.5) is 5.69 Å². The maximum Gasteiger partial charge on any atom is 0.267 e. The minimum Gasteiger partial charge on any atom is -0.342 e. The van der Waals surface area contributed by atoms with Gasteiger partial charge in [0.1, 0.15) is 5.82 Å². The van der Waals surface area contributed by atoms with E-state index in [9.17, 15) is 9.59 Å². The summed E-state index contributed by atoms with van der Waals surface area (Å²) in [5.41, 5.74) is 5.94. The number of carbonyl (C=O) groups excluding carboxylic acids is 2. The van der Waals surface area contributed by atoms with Crippen LogP contribution in [0.1, 0.15) is 36.7 Å². The van der Waals surface area contributed by atoms with Gasteiger partial charge in [-0.25, -0.2) is 10.5 Å². The standard InChI is InChI=1S/C21H22N4O3.ClH/c1-2-3-20(26)22-16-9-10-17-18(13-16)24-19(23-17)12-15-6-4-14(5-7-15)8-11-21(27)25-28;/h4-11,13,28H,2-3,12H2,1H3,(H,22,26)(H,23,24)(H,25,27);1H/b11-8+;. The van der Waals surface area contributed by atoms with Crippen molar-refractivity contribution in [2.45, 2.75) is 26.2 Å². The quantitative estimate of drug-likeness (QED) is 0.267. The summed E-state index contributed by atoms with van der Waals surface area (Å²) >= 11 is 0. The second kappa shape index (κ2) is 10.4. The molecule has 1 heterocycles. The number of aromatic nitrogens is 2. The zero-order valence-electron chi connectivity index (χ0n) is 15.9. The lowest BCUT2D eigenvalue weighted by atomic mass is 10.1. The number of benzene rings is 2. The third-order valence-electron chi connectivity index (χ3n) is 4.18. The molecule has 3 rings (SSSR count). The number of fused-ring (bicyclic) bond motifs is 1. The Morgan fingerprint density at radius 1 is 1.17 bits per heavy atom. The Balaban J connectivity index is 0.00000300. The van der Waals surface area contributed by atoms with Crippen LogP contribution >= 0.6 is 12.4 Å². The summed E-state index contributed by atoms with van der Waals surface area (Å²) in [4.78, 5) is 30.6. The van der Waals surface area contributed by atoms with Gasteiger partial charge < -0.3 is 10.3 Å². The number of anilines is 1. The highest BCUT2D eigenvalue weighted by Gasteiger charge is 2.07. The molecule has 0 aliphatic carbocycles. The van der Waals surface area contributed by atoms with Gasteiger partial charge >= 0.3 is 0 Å². The van der Waals surface area contributed by atoms with Crippen molar-refractivity contribution in [3.05, 3.63) is 65.5 Å². The number of rotatable bonds is 7. The molecule has 0 unspecified atom stereocenters. The predicted molar refractivity (Wildman–Crippen MR) is 115 cm³/mol. The van der Waals surface area contributed by atoms with Gasteiger partial charge in [-0.1, -0.05) is 31.2 Å². The van der Waals surface area contributed by atoms with Crippen molar-refractivity contribution in [1.29, 1.82) is 0 Å². The number of H-pyrrole nitrogens is 1. The van der Waals surface area contributed by atoms with Gasteiger partial charge in [0.25, 0.3) is 5.91 Å². The van der Waals surface area contributed by atoms with Gasteiger partial charge in [-0.05, 0) is 41.8 Å². The van der Waals surface area contributed by atoms with Crippen LogP contribution in [0.25, 0.3) is 17.1 Å². The zero-order valence-corrected chi connectivity index (χ0v) is 16.8. The maximum atomic E-state index is 11.7. The normalized spacial score (nSPS) is 10.7. The molecule has 2 aromatic carbocycles. The molecule has 3 aromatic rings. The van der Waals surface area contributed by atoms with Crippen molar-refractivity contribution in [2.24, 2.45) is 0 Å². The lowest BCUT2D eigenvalue weighted by Gasteiger charge is -2.03. The third-order valence-corrected chi connectivity index (χ3v) is 4.18. The van der Waals surface area contributed by atoms with Crippen molar-refractivity contribution in [3.8, 4) is 0 Å². The molecule has 1 aromatic heterocycles. The highest BCUT2D eigenvalue weighted by Crippen LogP contribution is 2.19. The van der Waals surface area contributed by atoms with Crippen molar-refractivity contribution in [1.82, 2.24) is 15.4 Å². The van der Waals surface area contributed by atoms with Crippen LogP contribution < -0.4 is 10.8 Å². The Hall–Kier alpha value is -3.16. The van der Waals surface area contributed by atoms with Gasteiger partial charge in [-0.15, -0.1) is 12.4 Å². The van der Waals surface area contributed by atoms with Crippen molar-refractivity contribution in [2.75, 3.05) is 5.32 Å². The van der Waals surface area contributed by atoms with Gasteiger partial charge in [-0.3, -0.25) is 14.8 Å². The molecule has 0 saturated heterocycles. The van der Waals surface area contributed by atoms with E-state index in [2.05, 4.69) is 15.3 Å². The van der Waals surface area contributed by atoms with Gasteiger partial charge in [0.05, 0.1) is 11.0 Å². The molecule has 29 heavy (non-hydrogen) atoms. The third kappa shape index (κ3) is 6.17. The predicted octanol–water partition coefficient (Wildman–Crippen LogP) is 3.83. The summed E-state index contributed by atoms with van der Waals surface area (Å²) in [5, 5.41) is 11.4. The number of nitrogens with zero attached hydrogens (tertiary/aromatic N) is 1. The van der Waals surface area contributed by atoms with E-state index in [0.717, 1.165) is 40.1 Å². The van der Waals surface area contributed by atoms with Gasteiger partial charge in [0, 0.05) is 24.6 Å². The van der Waals surface area contributed by atoms with Crippen LogP contribution in [0, 0.1) is 0 Å². The van der Waals surface area contributed by atoms with E-state index in [-0.39, 0.29) is 18.3 Å².